The van der Waals surface area contributed by atoms with Crippen LogP contribution in [0.5, 0.6) is 0 Å². The molecule has 2 aromatic rings. The molecule has 0 radical (unpaired) electrons. The topological polar surface area (TPSA) is 37.5 Å². The van der Waals surface area contributed by atoms with Gasteiger partial charge in [-0.25, -0.2) is 4.98 Å². The summed E-state index contributed by atoms with van der Waals surface area (Å²) in [6, 6.07) is 6.02. The van der Waals surface area contributed by atoms with Gasteiger partial charge in [0, 0.05) is 18.6 Å². The van der Waals surface area contributed by atoms with Crippen LogP contribution in [0.4, 0.5) is 0 Å². The summed E-state index contributed by atoms with van der Waals surface area (Å²) in [6.45, 7) is 0.246. The fourth-order valence-electron chi connectivity index (χ4n) is 1.25. The first-order chi connectivity index (χ1) is 6.92. The van der Waals surface area contributed by atoms with Crippen molar-refractivity contribution in [3.8, 4) is 0 Å². The summed E-state index contributed by atoms with van der Waals surface area (Å²) in [4.78, 5) is 4.31. The van der Waals surface area contributed by atoms with E-state index < -0.39 is 0 Å². The van der Waals surface area contributed by atoms with Crippen LogP contribution >= 0.6 is 11.8 Å². The first-order valence-corrected chi connectivity index (χ1v) is 5.56. The van der Waals surface area contributed by atoms with Gasteiger partial charge in [-0.1, -0.05) is 17.8 Å². The molecule has 0 aliphatic carbocycles. The Morgan fingerprint density at radius 1 is 1.43 bits per heavy atom. The molecular formula is C10H12N2OS. The van der Waals surface area contributed by atoms with Crippen LogP contribution in [0.1, 0.15) is 6.42 Å². The summed E-state index contributed by atoms with van der Waals surface area (Å²) in [5, 5.41) is 9.66. The molecule has 0 saturated heterocycles. The predicted octanol–water partition coefficient (Wildman–Crippen LogP) is 1.81. The highest BCUT2D eigenvalue weighted by Gasteiger charge is 2.01. The molecule has 3 nitrogen and oxygen atoms in total. The van der Waals surface area contributed by atoms with Crippen LogP contribution in [0.2, 0.25) is 0 Å². The van der Waals surface area contributed by atoms with Gasteiger partial charge in [-0.2, -0.15) is 0 Å². The molecule has 0 amide bonds. The van der Waals surface area contributed by atoms with E-state index in [-0.39, 0.29) is 6.61 Å². The molecule has 0 aliphatic rings. The van der Waals surface area contributed by atoms with Gasteiger partial charge in [0.15, 0.2) is 5.16 Å². The van der Waals surface area contributed by atoms with Gasteiger partial charge in [-0.15, -0.1) is 0 Å². The van der Waals surface area contributed by atoms with Gasteiger partial charge in [0.1, 0.15) is 0 Å². The predicted molar refractivity (Wildman–Crippen MR) is 57.6 cm³/mol. The third kappa shape index (κ3) is 1.91. The summed E-state index contributed by atoms with van der Waals surface area (Å²) in [7, 11) is 0. The smallest absolute Gasteiger partial charge is 0.172 e. The lowest BCUT2D eigenvalue weighted by molar-refractivity contribution is 0.296. The van der Waals surface area contributed by atoms with Crippen molar-refractivity contribution in [2.75, 3.05) is 12.4 Å². The Hall–Kier alpha value is -1.00. The van der Waals surface area contributed by atoms with E-state index in [1.807, 2.05) is 30.6 Å². The second-order valence-corrected chi connectivity index (χ2v) is 4.02. The van der Waals surface area contributed by atoms with Crippen molar-refractivity contribution in [2.45, 2.75) is 11.6 Å². The molecule has 0 atom stereocenters. The Bertz CT molecular complexity index is 413. The molecule has 2 heterocycles. The highest BCUT2D eigenvalue weighted by Crippen LogP contribution is 2.18. The maximum atomic E-state index is 8.67. The van der Waals surface area contributed by atoms with Crippen molar-refractivity contribution < 1.29 is 5.11 Å². The Kier molecular flexibility index (Phi) is 3.06. The summed E-state index contributed by atoms with van der Waals surface area (Å²) >= 11 is 1.67. The lowest BCUT2D eigenvalue weighted by Crippen LogP contribution is -1.89. The Balaban J connectivity index is 2.17. The zero-order valence-electron chi connectivity index (χ0n) is 7.76. The molecule has 0 saturated carbocycles. The van der Waals surface area contributed by atoms with E-state index in [0.29, 0.717) is 0 Å². The lowest BCUT2D eigenvalue weighted by atomic mass is 10.4. The summed E-state index contributed by atoms with van der Waals surface area (Å²) in [6.07, 6.45) is 4.68. The Morgan fingerprint density at radius 2 is 2.36 bits per heavy atom. The average molecular weight is 208 g/mol. The van der Waals surface area contributed by atoms with Crippen LogP contribution in [0.3, 0.4) is 0 Å². The molecule has 0 spiro atoms. The van der Waals surface area contributed by atoms with Gasteiger partial charge >= 0.3 is 0 Å². The van der Waals surface area contributed by atoms with Gasteiger partial charge in [0.25, 0.3) is 0 Å². The fourth-order valence-corrected chi connectivity index (χ4v) is 2.14. The van der Waals surface area contributed by atoms with E-state index in [2.05, 4.69) is 9.38 Å². The van der Waals surface area contributed by atoms with E-state index in [4.69, 9.17) is 5.11 Å². The number of aliphatic hydroxyl groups excluding tert-OH is 1. The SMILES string of the molecule is OCCCSc1ncc2ccccn12. The van der Waals surface area contributed by atoms with E-state index in [0.717, 1.165) is 22.8 Å². The monoisotopic (exact) mass is 208 g/mol. The molecule has 2 aromatic heterocycles. The van der Waals surface area contributed by atoms with Crippen molar-refractivity contribution in [1.29, 1.82) is 0 Å². The van der Waals surface area contributed by atoms with Crippen LogP contribution < -0.4 is 0 Å². The standard InChI is InChI=1S/C10H12N2OS/c13-6-3-7-14-10-11-8-9-4-1-2-5-12(9)10/h1-2,4-5,8,13H,3,6-7H2. The maximum Gasteiger partial charge on any atom is 0.172 e. The molecule has 14 heavy (non-hydrogen) atoms. The van der Waals surface area contributed by atoms with Crippen molar-refractivity contribution in [1.82, 2.24) is 9.38 Å². The van der Waals surface area contributed by atoms with Gasteiger partial charge in [-0.3, -0.25) is 4.40 Å². The quantitative estimate of drug-likeness (QED) is 0.615. The second-order valence-electron chi connectivity index (χ2n) is 2.96. The minimum atomic E-state index is 0.246. The highest BCUT2D eigenvalue weighted by molar-refractivity contribution is 7.99. The number of rotatable bonds is 4. The first-order valence-electron chi connectivity index (χ1n) is 4.57. The molecule has 74 valence electrons. The van der Waals surface area contributed by atoms with Crippen LogP contribution in [-0.4, -0.2) is 26.9 Å². The lowest BCUT2D eigenvalue weighted by Gasteiger charge is -1.99. The average Bonchev–Trinajstić information content (AvgIpc) is 2.63. The minimum absolute atomic E-state index is 0.246. The number of hydrogen-bond acceptors (Lipinski definition) is 3. The van der Waals surface area contributed by atoms with Gasteiger partial charge in [0.05, 0.1) is 11.7 Å². The third-order valence-electron chi connectivity index (χ3n) is 1.94. The summed E-state index contributed by atoms with van der Waals surface area (Å²) in [5.74, 6) is 0.907. The van der Waals surface area contributed by atoms with Crippen molar-refractivity contribution in [2.24, 2.45) is 0 Å². The maximum absolute atomic E-state index is 8.67. The largest absolute Gasteiger partial charge is 0.396 e. The number of aromatic nitrogens is 2. The highest BCUT2D eigenvalue weighted by atomic mass is 32.2. The number of hydrogen-bond donors (Lipinski definition) is 1. The van der Waals surface area contributed by atoms with Crippen molar-refractivity contribution in [3.05, 3.63) is 30.6 Å². The fraction of sp³-hybridized carbons (Fsp3) is 0.300. The summed E-state index contributed by atoms with van der Waals surface area (Å²) < 4.78 is 2.06. The summed E-state index contributed by atoms with van der Waals surface area (Å²) in [5.41, 5.74) is 1.11. The van der Waals surface area contributed by atoms with Crippen LogP contribution in [0.15, 0.2) is 35.7 Å². The molecule has 0 unspecified atom stereocenters. The molecule has 4 heteroatoms. The van der Waals surface area contributed by atoms with E-state index in [1.54, 1.807) is 11.8 Å². The number of fused-ring (bicyclic) bond motifs is 1. The van der Waals surface area contributed by atoms with Crippen LogP contribution in [-0.2, 0) is 0 Å². The number of imidazole rings is 1. The van der Waals surface area contributed by atoms with Gasteiger partial charge in [0.2, 0.25) is 0 Å². The zero-order valence-corrected chi connectivity index (χ0v) is 8.57. The molecule has 1 N–H and O–H groups in total. The third-order valence-corrected chi connectivity index (χ3v) is 2.99. The van der Waals surface area contributed by atoms with Gasteiger partial charge < -0.3 is 5.11 Å². The first kappa shape index (κ1) is 9.55. The number of thioether (sulfide) groups is 1. The molecule has 2 rings (SSSR count). The number of nitrogens with zero attached hydrogens (tertiary/aromatic N) is 2. The van der Waals surface area contributed by atoms with Gasteiger partial charge in [-0.05, 0) is 18.6 Å². The van der Waals surface area contributed by atoms with Crippen molar-refractivity contribution >= 4 is 17.3 Å². The number of pyridine rings is 1. The normalized spacial score (nSPS) is 10.9. The van der Waals surface area contributed by atoms with Crippen molar-refractivity contribution in [3.63, 3.8) is 0 Å². The molecule has 0 aliphatic heterocycles. The zero-order chi connectivity index (χ0) is 9.80. The van der Waals surface area contributed by atoms with Crippen LogP contribution in [0, 0.1) is 0 Å². The Labute approximate surface area is 86.8 Å². The molecule has 0 bridgehead atoms. The van der Waals surface area contributed by atoms with E-state index in [9.17, 15) is 0 Å². The molecule has 0 aromatic carbocycles. The van der Waals surface area contributed by atoms with Crippen LogP contribution in [0.25, 0.3) is 5.52 Å². The van der Waals surface area contributed by atoms with E-state index >= 15 is 0 Å². The number of aliphatic hydroxyl groups is 1. The minimum Gasteiger partial charge on any atom is -0.396 e. The molecule has 0 fully saturated rings. The molecular weight excluding hydrogens is 196 g/mol. The Morgan fingerprint density at radius 3 is 3.21 bits per heavy atom. The van der Waals surface area contributed by atoms with E-state index in [1.165, 1.54) is 0 Å². The second kappa shape index (κ2) is 4.48.